The maximum atomic E-state index is 11.5. The highest BCUT2D eigenvalue weighted by molar-refractivity contribution is 7.91. The van der Waals surface area contributed by atoms with E-state index in [9.17, 15) is 8.42 Å². The zero-order chi connectivity index (χ0) is 13.8. The Labute approximate surface area is 111 Å². The highest BCUT2D eigenvalue weighted by Gasteiger charge is 2.16. The molecule has 3 nitrogen and oxygen atoms in total. The summed E-state index contributed by atoms with van der Waals surface area (Å²) < 4.78 is 23.1. The van der Waals surface area contributed by atoms with Gasteiger partial charge >= 0.3 is 0 Å². The highest BCUT2D eigenvalue weighted by atomic mass is 32.2. The van der Waals surface area contributed by atoms with Crippen molar-refractivity contribution in [1.29, 1.82) is 0 Å². The molecule has 0 heterocycles. The van der Waals surface area contributed by atoms with Gasteiger partial charge in [-0.2, -0.15) is 0 Å². The quantitative estimate of drug-likeness (QED) is 0.863. The summed E-state index contributed by atoms with van der Waals surface area (Å²) >= 11 is 0. The first-order chi connectivity index (χ1) is 8.34. The highest BCUT2D eigenvalue weighted by Crippen LogP contribution is 2.14. The number of rotatable bonds is 6. The Morgan fingerprint density at radius 1 is 1.17 bits per heavy atom. The Kier molecular flexibility index (Phi) is 5.35. The summed E-state index contributed by atoms with van der Waals surface area (Å²) in [6.07, 6.45) is 0. The first kappa shape index (κ1) is 15.2. The maximum absolute atomic E-state index is 11.5. The predicted molar refractivity (Wildman–Crippen MR) is 76.5 cm³/mol. The van der Waals surface area contributed by atoms with E-state index in [0.717, 1.165) is 0 Å². The molecule has 4 heteroatoms. The fourth-order valence-electron chi connectivity index (χ4n) is 1.92. The zero-order valence-electron chi connectivity index (χ0n) is 11.6. The molecule has 2 unspecified atom stereocenters. The van der Waals surface area contributed by atoms with Crippen LogP contribution in [0.4, 0.5) is 0 Å². The molecule has 0 spiro atoms. The van der Waals surface area contributed by atoms with Gasteiger partial charge in [0, 0.05) is 17.8 Å². The van der Waals surface area contributed by atoms with E-state index in [1.807, 2.05) is 6.92 Å². The molecule has 0 aliphatic heterocycles. The van der Waals surface area contributed by atoms with Crippen molar-refractivity contribution in [1.82, 2.24) is 5.32 Å². The van der Waals surface area contributed by atoms with Gasteiger partial charge in [-0.3, -0.25) is 0 Å². The number of sulfone groups is 1. The molecule has 0 amide bonds. The number of benzene rings is 1. The lowest BCUT2D eigenvalue weighted by molar-refractivity contribution is 0.500. The molecule has 1 N–H and O–H groups in total. The molecular formula is C14H23NO2S. The average Bonchev–Trinajstić information content (AvgIpc) is 2.29. The first-order valence-corrected chi connectivity index (χ1v) is 8.19. The SMILES string of the molecule is CCS(=O)(=O)CC(C)NC(C)c1ccc(C)cc1. The van der Waals surface area contributed by atoms with E-state index < -0.39 is 9.84 Å². The minimum atomic E-state index is -2.92. The van der Waals surface area contributed by atoms with Crippen molar-refractivity contribution < 1.29 is 8.42 Å². The van der Waals surface area contributed by atoms with E-state index in [1.54, 1.807) is 6.92 Å². The van der Waals surface area contributed by atoms with Crippen LogP contribution >= 0.6 is 0 Å². The normalized spacial score (nSPS) is 15.3. The number of hydrogen-bond acceptors (Lipinski definition) is 3. The third kappa shape index (κ3) is 4.78. The van der Waals surface area contributed by atoms with Gasteiger partial charge in [0.2, 0.25) is 0 Å². The van der Waals surface area contributed by atoms with Gasteiger partial charge in [-0.05, 0) is 26.3 Å². The van der Waals surface area contributed by atoms with Gasteiger partial charge in [0.05, 0.1) is 5.75 Å². The molecule has 1 aromatic carbocycles. The van der Waals surface area contributed by atoms with Crippen LogP contribution in [0.2, 0.25) is 0 Å². The smallest absolute Gasteiger partial charge is 0.151 e. The molecular weight excluding hydrogens is 246 g/mol. The van der Waals surface area contributed by atoms with Crippen LogP contribution in [0.5, 0.6) is 0 Å². The fraction of sp³-hybridized carbons (Fsp3) is 0.571. The molecule has 0 aliphatic carbocycles. The Morgan fingerprint density at radius 2 is 1.72 bits per heavy atom. The second-order valence-electron chi connectivity index (χ2n) is 4.90. The summed E-state index contributed by atoms with van der Waals surface area (Å²) in [4.78, 5) is 0. The van der Waals surface area contributed by atoms with Gasteiger partial charge in [-0.1, -0.05) is 36.8 Å². The summed E-state index contributed by atoms with van der Waals surface area (Å²) in [5.74, 6) is 0.400. The zero-order valence-corrected chi connectivity index (χ0v) is 12.4. The Bertz CT molecular complexity index is 465. The summed E-state index contributed by atoms with van der Waals surface area (Å²) in [6.45, 7) is 7.71. The molecule has 102 valence electrons. The van der Waals surface area contributed by atoms with Gasteiger partial charge in [0.25, 0.3) is 0 Å². The van der Waals surface area contributed by atoms with Crippen LogP contribution in [0.25, 0.3) is 0 Å². The van der Waals surface area contributed by atoms with E-state index in [4.69, 9.17) is 0 Å². The molecule has 2 atom stereocenters. The fourth-order valence-corrected chi connectivity index (χ4v) is 3.02. The van der Waals surface area contributed by atoms with Crippen LogP contribution in [-0.4, -0.2) is 26.0 Å². The summed E-state index contributed by atoms with van der Waals surface area (Å²) in [6, 6.07) is 8.42. The van der Waals surface area contributed by atoms with Crippen molar-refractivity contribution in [3.05, 3.63) is 35.4 Å². The first-order valence-electron chi connectivity index (χ1n) is 6.37. The lowest BCUT2D eigenvalue weighted by Gasteiger charge is -2.20. The van der Waals surface area contributed by atoms with Crippen LogP contribution in [0, 0.1) is 6.92 Å². The van der Waals surface area contributed by atoms with Crippen molar-refractivity contribution in [3.8, 4) is 0 Å². The number of aryl methyl sites for hydroxylation is 1. The second-order valence-corrected chi connectivity index (χ2v) is 7.30. The van der Waals surface area contributed by atoms with Gasteiger partial charge in [-0.25, -0.2) is 8.42 Å². The molecule has 1 rings (SSSR count). The summed E-state index contributed by atoms with van der Waals surface area (Å²) in [5.41, 5.74) is 2.41. The molecule has 18 heavy (non-hydrogen) atoms. The van der Waals surface area contributed by atoms with E-state index in [1.165, 1.54) is 11.1 Å². The van der Waals surface area contributed by atoms with Crippen molar-refractivity contribution >= 4 is 9.84 Å². The van der Waals surface area contributed by atoms with Crippen LogP contribution in [0.15, 0.2) is 24.3 Å². The Morgan fingerprint density at radius 3 is 2.22 bits per heavy atom. The van der Waals surface area contributed by atoms with Crippen molar-refractivity contribution in [2.75, 3.05) is 11.5 Å². The predicted octanol–water partition coefficient (Wildman–Crippen LogP) is 2.47. The minimum Gasteiger partial charge on any atom is -0.307 e. The number of hydrogen-bond donors (Lipinski definition) is 1. The van der Waals surface area contributed by atoms with Crippen molar-refractivity contribution in [2.45, 2.75) is 39.8 Å². The van der Waals surface area contributed by atoms with Gasteiger partial charge in [0.15, 0.2) is 9.84 Å². The Hall–Kier alpha value is -0.870. The van der Waals surface area contributed by atoms with E-state index >= 15 is 0 Å². The van der Waals surface area contributed by atoms with Gasteiger partial charge < -0.3 is 5.32 Å². The number of nitrogens with one attached hydrogen (secondary N) is 1. The molecule has 1 aromatic rings. The van der Waals surface area contributed by atoms with E-state index in [0.29, 0.717) is 0 Å². The monoisotopic (exact) mass is 269 g/mol. The summed E-state index contributed by atoms with van der Waals surface area (Å²) in [5, 5.41) is 3.33. The lowest BCUT2D eigenvalue weighted by atomic mass is 10.1. The van der Waals surface area contributed by atoms with E-state index in [-0.39, 0.29) is 23.6 Å². The molecule has 0 aromatic heterocycles. The van der Waals surface area contributed by atoms with Crippen molar-refractivity contribution in [3.63, 3.8) is 0 Å². The minimum absolute atomic E-state index is 0.0359. The van der Waals surface area contributed by atoms with Crippen molar-refractivity contribution in [2.24, 2.45) is 0 Å². The van der Waals surface area contributed by atoms with Crippen LogP contribution in [0.3, 0.4) is 0 Å². The lowest BCUT2D eigenvalue weighted by Crippen LogP contribution is -2.35. The molecule has 0 saturated carbocycles. The topological polar surface area (TPSA) is 46.2 Å². The molecule has 0 radical (unpaired) electrons. The average molecular weight is 269 g/mol. The van der Waals surface area contributed by atoms with Gasteiger partial charge in [0.1, 0.15) is 0 Å². The Balaban J connectivity index is 2.59. The van der Waals surface area contributed by atoms with Gasteiger partial charge in [-0.15, -0.1) is 0 Å². The standard InChI is InChI=1S/C14H23NO2S/c1-5-18(16,17)10-12(3)15-13(4)14-8-6-11(2)7-9-14/h6-9,12-13,15H,5,10H2,1-4H3. The third-order valence-electron chi connectivity index (χ3n) is 3.06. The van der Waals surface area contributed by atoms with Crippen LogP contribution < -0.4 is 5.32 Å². The molecule has 0 aliphatic rings. The maximum Gasteiger partial charge on any atom is 0.151 e. The largest absolute Gasteiger partial charge is 0.307 e. The van der Waals surface area contributed by atoms with Crippen LogP contribution in [0.1, 0.15) is 37.9 Å². The van der Waals surface area contributed by atoms with E-state index in [2.05, 4.69) is 43.4 Å². The molecule has 0 bridgehead atoms. The second kappa shape index (κ2) is 6.34. The third-order valence-corrected chi connectivity index (χ3v) is 4.94. The molecule has 0 fully saturated rings. The summed E-state index contributed by atoms with van der Waals surface area (Å²) in [7, 11) is -2.92. The van der Waals surface area contributed by atoms with Crippen LogP contribution in [-0.2, 0) is 9.84 Å². The molecule has 0 saturated heterocycles.